The summed E-state index contributed by atoms with van der Waals surface area (Å²) in [7, 11) is 0. The summed E-state index contributed by atoms with van der Waals surface area (Å²) in [4.78, 5) is 40.0. The molecule has 1 saturated carbocycles. The van der Waals surface area contributed by atoms with Gasteiger partial charge in [0.15, 0.2) is 5.76 Å². The molecule has 2 aliphatic rings. The normalized spacial score (nSPS) is 16.7. The Morgan fingerprint density at radius 1 is 1.13 bits per heavy atom. The number of anilines is 1. The van der Waals surface area contributed by atoms with Gasteiger partial charge >= 0.3 is 5.97 Å². The number of carboxylic acids is 1. The van der Waals surface area contributed by atoms with Gasteiger partial charge in [0.2, 0.25) is 5.43 Å². The number of piperazine rings is 1. The standard InChI is InChI=1S/C22H20FN3O5/c23-16-10-14-17(26(13-3-4-13)12-15(20(14)27)22(29)30)11-18(16)24-5-7-25(8-6-24)21(28)19-2-1-9-31-19/h1-2,9-13H,3-8H2,(H,29,30). The number of rotatable bonds is 4. The van der Waals surface area contributed by atoms with Crippen LogP contribution in [0.2, 0.25) is 0 Å². The maximum Gasteiger partial charge on any atom is 0.341 e. The second-order valence-electron chi connectivity index (χ2n) is 7.89. The van der Waals surface area contributed by atoms with Crippen LogP contribution in [0.3, 0.4) is 0 Å². The number of hydrogen-bond acceptors (Lipinski definition) is 5. The van der Waals surface area contributed by atoms with Crippen LogP contribution in [0.4, 0.5) is 10.1 Å². The third kappa shape index (κ3) is 3.35. The summed E-state index contributed by atoms with van der Waals surface area (Å²) in [6.07, 6.45) is 4.59. The number of pyridine rings is 1. The minimum Gasteiger partial charge on any atom is -0.477 e. The maximum absolute atomic E-state index is 15.0. The molecule has 2 aromatic heterocycles. The SMILES string of the molecule is O=C(O)c1cn(C2CC2)c2cc(N3CCN(C(=O)c4ccco4)CC3)c(F)cc2c1=O. The van der Waals surface area contributed by atoms with Crippen LogP contribution in [0.25, 0.3) is 10.9 Å². The van der Waals surface area contributed by atoms with Crippen molar-refractivity contribution < 1.29 is 23.5 Å². The lowest BCUT2D eigenvalue weighted by atomic mass is 10.1. The number of aromatic carboxylic acids is 1. The van der Waals surface area contributed by atoms with E-state index in [1.54, 1.807) is 27.7 Å². The van der Waals surface area contributed by atoms with E-state index in [0.29, 0.717) is 37.4 Å². The number of benzene rings is 1. The Kier molecular flexibility index (Phi) is 4.53. The van der Waals surface area contributed by atoms with Crippen LogP contribution in [0.15, 0.2) is 45.9 Å². The van der Waals surface area contributed by atoms with E-state index >= 15 is 4.39 Å². The number of carboxylic acid groups (broad SMARTS) is 1. The van der Waals surface area contributed by atoms with E-state index in [0.717, 1.165) is 18.9 Å². The molecule has 1 amide bonds. The Hall–Kier alpha value is -3.62. The predicted molar refractivity (Wildman–Crippen MR) is 110 cm³/mol. The first-order chi connectivity index (χ1) is 14.9. The monoisotopic (exact) mass is 425 g/mol. The van der Waals surface area contributed by atoms with Gasteiger partial charge < -0.3 is 23.9 Å². The summed E-state index contributed by atoms with van der Waals surface area (Å²) in [5.41, 5.74) is -0.159. The lowest BCUT2D eigenvalue weighted by molar-refractivity contribution is 0.0691. The van der Waals surface area contributed by atoms with E-state index in [-0.39, 0.29) is 28.7 Å². The zero-order valence-electron chi connectivity index (χ0n) is 16.6. The number of aromatic nitrogens is 1. The fourth-order valence-corrected chi connectivity index (χ4v) is 4.11. The Morgan fingerprint density at radius 2 is 1.87 bits per heavy atom. The third-order valence-corrected chi connectivity index (χ3v) is 5.91. The highest BCUT2D eigenvalue weighted by Crippen LogP contribution is 2.38. The van der Waals surface area contributed by atoms with Gasteiger partial charge in [-0.15, -0.1) is 0 Å². The highest BCUT2D eigenvalue weighted by molar-refractivity contribution is 5.94. The smallest absolute Gasteiger partial charge is 0.341 e. The second kappa shape index (κ2) is 7.26. The highest BCUT2D eigenvalue weighted by Gasteiger charge is 2.29. The molecule has 1 aromatic carbocycles. The molecule has 5 rings (SSSR count). The molecule has 1 aliphatic heterocycles. The Bertz CT molecular complexity index is 1240. The topological polar surface area (TPSA) is 96.0 Å². The van der Waals surface area contributed by atoms with E-state index in [4.69, 9.17) is 4.42 Å². The molecule has 1 N–H and O–H groups in total. The van der Waals surface area contributed by atoms with Crippen LogP contribution >= 0.6 is 0 Å². The molecule has 0 atom stereocenters. The molecule has 9 heteroatoms. The van der Waals surface area contributed by atoms with Crippen LogP contribution in [0.5, 0.6) is 0 Å². The van der Waals surface area contributed by atoms with Gasteiger partial charge in [-0.3, -0.25) is 9.59 Å². The fourth-order valence-electron chi connectivity index (χ4n) is 4.11. The molecule has 0 bridgehead atoms. The van der Waals surface area contributed by atoms with Gasteiger partial charge in [-0.05, 0) is 37.1 Å². The number of carbonyl (C=O) groups excluding carboxylic acids is 1. The van der Waals surface area contributed by atoms with Crippen LogP contribution in [0.1, 0.15) is 39.8 Å². The van der Waals surface area contributed by atoms with Gasteiger partial charge in [-0.25, -0.2) is 9.18 Å². The molecule has 31 heavy (non-hydrogen) atoms. The van der Waals surface area contributed by atoms with E-state index < -0.39 is 17.2 Å². The van der Waals surface area contributed by atoms with Crippen LogP contribution < -0.4 is 10.3 Å². The van der Waals surface area contributed by atoms with Crippen molar-refractivity contribution in [3.63, 3.8) is 0 Å². The first kappa shape index (κ1) is 19.3. The zero-order chi connectivity index (χ0) is 21.7. The highest BCUT2D eigenvalue weighted by atomic mass is 19.1. The van der Waals surface area contributed by atoms with Crippen molar-refractivity contribution in [1.82, 2.24) is 9.47 Å². The molecule has 1 saturated heterocycles. The number of hydrogen-bond donors (Lipinski definition) is 1. The van der Waals surface area contributed by atoms with Crippen LogP contribution in [0, 0.1) is 5.82 Å². The van der Waals surface area contributed by atoms with Gasteiger partial charge in [0.25, 0.3) is 5.91 Å². The Labute approximate surface area is 176 Å². The first-order valence-corrected chi connectivity index (χ1v) is 10.1. The molecule has 0 spiro atoms. The fraction of sp³-hybridized carbons (Fsp3) is 0.318. The Morgan fingerprint density at radius 3 is 2.48 bits per heavy atom. The quantitative estimate of drug-likeness (QED) is 0.691. The van der Waals surface area contributed by atoms with Gasteiger partial charge in [0.05, 0.1) is 17.5 Å². The molecule has 3 aromatic rings. The summed E-state index contributed by atoms with van der Waals surface area (Å²) >= 11 is 0. The number of carbonyl (C=O) groups is 2. The molecule has 0 unspecified atom stereocenters. The molecule has 8 nitrogen and oxygen atoms in total. The average molecular weight is 425 g/mol. The molecular weight excluding hydrogens is 405 g/mol. The van der Waals surface area contributed by atoms with Crippen molar-refractivity contribution >= 4 is 28.5 Å². The maximum atomic E-state index is 15.0. The van der Waals surface area contributed by atoms with Crippen LogP contribution in [-0.2, 0) is 0 Å². The van der Waals surface area contributed by atoms with Crippen molar-refractivity contribution in [2.75, 3.05) is 31.1 Å². The minimum absolute atomic E-state index is 0.0692. The van der Waals surface area contributed by atoms with Crippen molar-refractivity contribution in [3.05, 3.63) is 64.1 Å². The lowest BCUT2D eigenvalue weighted by Gasteiger charge is -2.36. The van der Waals surface area contributed by atoms with Crippen molar-refractivity contribution in [3.8, 4) is 0 Å². The number of furan rings is 1. The minimum atomic E-state index is -1.32. The van der Waals surface area contributed by atoms with Crippen molar-refractivity contribution in [1.29, 1.82) is 0 Å². The number of halogens is 1. The summed E-state index contributed by atoms with van der Waals surface area (Å²) in [6.45, 7) is 1.67. The van der Waals surface area contributed by atoms with Gasteiger partial charge in [-0.2, -0.15) is 0 Å². The summed E-state index contributed by atoms with van der Waals surface area (Å²) < 4.78 is 22.0. The molecule has 160 valence electrons. The number of nitrogens with zero attached hydrogens (tertiary/aromatic N) is 3. The van der Waals surface area contributed by atoms with Gasteiger partial charge in [0.1, 0.15) is 11.4 Å². The average Bonchev–Trinajstić information content (AvgIpc) is 3.46. The first-order valence-electron chi connectivity index (χ1n) is 10.1. The van der Waals surface area contributed by atoms with Crippen molar-refractivity contribution in [2.24, 2.45) is 0 Å². The lowest BCUT2D eigenvalue weighted by Crippen LogP contribution is -2.49. The second-order valence-corrected chi connectivity index (χ2v) is 7.89. The zero-order valence-corrected chi connectivity index (χ0v) is 16.6. The molecule has 3 heterocycles. The summed E-state index contributed by atoms with van der Waals surface area (Å²) in [6, 6.07) is 6.14. The molecule has 2 fully saturated rings. The summed E-state index contributed by atoms with van der Waals surface area (Å²) in [5.74, 6) is -1.83. The third-order valence-electron chi connectivity index (χ3n) is 5.91. The molecular formula is C22H20FN3O5. The predicted octanol–water partition coefficient (Wildman–Crippen LogP) is 2.73. The van der Waals surface area contributed by atoms with E-state index in [1.165, 1.54) is 12.5 Å². The van der Waals surface area contributed by atoms with Crippen LogP contribution in [-0.4, -0.2) is 52.6 Å². The van der Waals surface area contributed by atoms with Crippen molar-refractivity contribution in [2.45, 2.75) is 18.9 Å². The summed E-state index contributed by atoms with van der Waals surface area (Å²) in [5, 5.41) is 9.43. The largest absolute Gasteiger partial charge is 0.477 e. The van der Waals surface area contributed by atoms with Gasteiger partial charge in [-0.1, -0.05) is 0 Å². The van der Waals surface area contributed by atoms with E-state index in [9.17, 15) is 19.5 Å². The molecule has 1 aliphatic carbocycles. The number of fused-ring (bicyclic) bond motifs is 1. The van der Waals surface area contributed by atoms with E-state index in [1.807, 2.05) is 4.90 Å². The molecule has 0 radical (unpaired) electrons. The Balaban J connectivity index is 1.47. The number of amides is 1. The van der Waals surface area contributed by atoms with Gasteiger partial charge in [0, 0.05) is 43.8 Å². The van der Waals surface area contributed by atoms with E-state index in [2.05, 4.69) is 0 Å².